The Bertz CT molecular complexity index is 1360. The number of benzene rings is 2. The normalized spacial score (nSPS) is 12.4. The third-order valence-electron chi connectivity index (χ3n) is 5.40. The van der Waals surface area contributed by atoms with Crippen molar-refractivity contribution in [2.24, 2.45) is 7.05 Å². The van der Waals surface area contributed by atoms with Crippen LogP contribution in [0.1, 0.15) is 29.5 Å². The van der Waals surface area contributed by atoms with Crippen LogP contribution < -0.4 is 16.0 Å². The zero-order chi connectivity index (χ0) is 23.5. The van der Waals surface area contributed by atoms with E-state index in [1.165, 1.54) is 35.9 Å². The highest BCUT2D eigenvalue weighted by Gasteiger charge is 2.19. The monoisotopic (exact) mass is 456 g/mol. The standard InChI is InChI=1S/C23H22F2N4O4/c1-28-20-19(21(31)27-23(28)32)29(13-14-5-3-2-4-6-14)18(26-20)12-11-17(30)15-7-9-16(10-8-15)33-22(24)25/h2-10,17,22,30H,11-13H2,1H3,(H,27,31,32). The van der Waals surface area contributed by atoms with E-state index in [9.17, 15) is 23.5 Å². The minimum Gasteiger partial charge on any atom is -0.435 e. The van der Waals surface area contributed by atoms with Crippen LogP contribution in [0.15, 0.2) is 64.2 Å². The highest BCUT2D eigenvalue weighted by molar-refractivity contribution is 5.71. The average molecular weight is 456 g/mol. The van der Waals surface area contributed by atoms with Gasteiger partial charge >= 0.3 is 12.3 Å². The number of aryl methyl sites for hydroxylation is 2. The Morgan fingerprint density at radius 3 is 2.45 bits per heavy atom. The van der Waals surface area contributed by atoms with Gasteiger partial charge in [-0.05, 0) is 29.7 Å². The molecular formula is C23H22F2N4O4. The lowest BCUT2D eigenvalue weighted by molar-refractivity contribution is -0.0498. The first-order valence-corrected chi connectivity index (χ1v) is 10.3. The van der Waals surface area contributed by atoms with Crippen LogP contribution in [0.3, 0.4) is 0 Å². The van der Waals surface area contributed by atoms with Gasteiger partial charge in [0.25, 0.3) is 5.56 Å². The third-order valence-corrected chi connectivity index (χ3v) is 5.40. The van der Waals surface area contributed by atoms with Gasteiger partial charge in [0.05, 0.1) is 6.10 Å². The number of aromatic amines is 1. The Balaban J connectivity index is 1.63. The van der Waals surface area contributed by atoms with Gasteiger partial charge in [0.2, 0.25) is 0 Å². The topological polar surface area (TPSA) is 102 Å². The Morgan fingerprint density at radius 2 is 1.79 bits per heavy atom. The van der Waals surface area contributed by atoms with Gasteiger partial charge in [0.15, 0.2) is 11.2 Å². The molecule has 0 bridgehead atoms. The zero-order valence-corrected chi connectivity index (χ0v) is 17.7. The number of ether oxygens (including phenoxy) is 1. The number of alkyl halides is 2. The van der Waals surface area contributed by atoms with Crippen LogP contribution in [0.25, 0.3) is 11.2 Å². The predicted molar refractivity (Wildman–Crippen MR) is 117 cm³/mol. The summed E-state index contributed by atoms with van der Waals surface area (Å²) in [5.74, 6) is 0.544. The number of fused-ring (bicyclic) bond motifs is 1. The second-order valence-corrected chi connectivity index (χ2v) is 7.59. The highest BCUT2D eigenvalue weighted by atomic mass is 19.3. The van der Waals surface area contributed by atoms with Gasteiger partial charge in [0.1, 0.15) is 11.6 Å². The summed E-state index contributed by atoms with van der Waals surface area (Å²) in [6.45, 7) is -2.55. The summed E-state index contributed by atoms with van der Waals surface area (Å²) >= 11 is 0. The Morgan fingerprint density at radius 1 is 1.09 bits per heavy atom. The molecule has 0 saturated carbocycles. The molecule has 10 heteroatoms. The number of imidazole rings is 1. The van der Waals surface area contributed by atoms with Crippen molar-refractivity contribution in [3.8, 4) is 5.75 Å². The van der Waals surface area contributed by atoms with Crippen molar-refractivity contribution in [2.75, 3.05) is 0 Å². The van der Waals surface area contributed by atoms with Gasteiger partial charge in [-0.2, -0.15) is 8.78 Å². The Kier molecular flexibility index (Phi) is 6.36. The predicted octanol–water partition coefficient (Wildman–Crippen LogP) is 2.74. The summed E-state index contributed by atoms with van der Waals surface area (Å²) in [4.78, 5) is 31.5. The van der Waals surface area contributed by atoms with Crippen molar-refractivity contribution in [1.29, 1.82) is 0 Å². The molecule has 33 heavy (non-hydrogen) atoms. The van der Waals surface area contributed by atoms with Gasteiger partial charge in [-0.3, -0.25) is 14.3 Å². The molecule has 0 fully saturated rings. The number of aromatic nitrogens is 4. The fourth-order valence-corrected chi connectivity index (χ4v) is 3.71. The van der Waals surface area contributed by atoms with Crippen LogP contribution in [-0.2, 0) is 20.0 Å². The number of rotatable bonds is 8. The minimum atomic E-state index is -2.92. The van der Waals surface area contributed by atoms with Crippen molar-refractivity contribution in [1.82, 2.24) is 19.1 Å². The van der Waals surface area contributed by atoms with Crippen LogP contribution in [0.2, 0.25) is 0 Å². The molecular weight excluding hydrogens is 434 g/mol. The van der Waals surface area contributed by atoms with Crippen molar-refractivity contribution in [3.05, 3.63) is 92.4 Å². The van der Waals surface area contributed by atoms with E-state index in [1.807, 2.05) is 30.3 Å². The molecule has 2 aromatic heterocycles. The van der Waals surface area contributed by atoms with E-state index in [4.69, 9.17) is 0 Å². The maximum Gasteiger partial charge on any atom is 0.387 e. The number of hydrogen-bond donors (Lipinski definition) is 2. The summed E-state index contributed by atoms with van der Waals surface area (Å²) in [6, 6.07) is 15.3. The van der Waals surface area contributed by atoms with Gasteiger partial charge < -0.3 is 14.4 Å². The molecule has 0 aliphatic rings. The van der Waals surface area contributed by atoms with Crippen LogP contribution in [0.4, 0.5) is 8.78 Å². The average Bonchev–Trinajstić information content (AvgIpc) is 3.15. The fraction of sp³-hybridized carbons (Fsp3) is 0.261. The molecule has 0 aliphatic carbocycles. The Labute approximate surface area is 186 Å². The minimum absolute atomic E-state index is 0.00532. The summed E-state index contributed by atoms with van der Waals surface area (Å²) < 4.78 is 32.0. The largest absolute Gasteiger partial charge is 0.435 e. The molecule has 2 heterocycles. The third kappa shape index (κ3) is 4.85. The molecule has 0 saturated heterocycles. The molecule has 0 spiro atoms. The SMILES string of the molecule is Cn1c(=O)[nH]c(=O)c2c1nc(CCC(O)c1ccc(OC(F)F)cc1)n2Cc1ccccc1. The lowest BCUT2D eigenvalue weighted by Gasteiger charge is -2.13. The molecule has 0 radical (unpaired) electrons. The van der Waals surface area contributed by atoms with Crippen LogP contribution in [0, 0.1) is 0 Å². The molecule has 4 rings (SSSR count). The smallest absolute Gasteiger partial charge is 0.387 e. The van der Waals surface area contributed by atoms with E-state index in [1.54, 1.807) is 4.57 Å². The molecule has 0 amide bonds. The Hall–Kier alpha value is -3.79. The van der Waals surface area contributed by atoms with Gasteiger partial charge in [0, 0.05) is 20.0 Å². The van der Waals surface area contributed by atoms with Crippen molar-refractivity contribution >= 4 is 11.2 Å². The first-order valence-electron chi connectivity index (χ1n) is 10.3. The number of aliphatic hydroxyl groups is 1. The quantitative estimate of drug-likeness (QED) is 0.425. The molecule has 8 nitrogen and oxygen atoms in total. The number of hydrogen-bond acceptors (Lipinski definition) is 5. The molecule has 4 aromatic rings. The van der Waals surface area contributed by atoms with E-state index in [0.717, 1.165) is 5.56 Å². The number of aliphatic hydroxyl groups excluding tert-OH is 1. The zero-order valence-electron chi connectivity index (χ0n) is 17.7. The van der Waals surface area contributed by atoms with Crippen LogP contribution >= 0.6 is 0 Å². The molecule has 172 valence electrons. The summed E-state index contributed by atoms with van der Waals surface area (Å²) in [6.07, 6.45) is -0.317. The van der Waals surface area contributed by atoms with E-state index in [-0.39, 0.29) is 23.3 Å². The molecule has 1 atom stereocenters. The fourth-order valence-electron chi connectivity index (χ4n) is 3.71. The van der Waals surface area contributed by atoms with Crippen LogP contribution in [-0.4, -0.2) is 30.8 Å². The molecule has 2 aromatic carbocycles. The highest BCUT2D eigenvalue weighted by Crippen LogP contribution is 2.24. The number of halogens is 2. The van der Waals surface area contributed by atoms with Gasteiger partial charge in [-0.1, -0.05) is 42.5 Å². The van der Waals surface area contributed by atoms with Gasteiger partial charge in [-0.15, -0.1) is 0 Å². The molecule has 0 aliphatic heterocycles. The van der Waals surface area contributed by atoms with Crippen molar-refractivity contribution in [2.45, 2.75) is 32.1 Å². The van der Waals surface area contributed by atoms with Crippen molar-refractivity contribution in [3.63, 3.8) is 0 Å². The summed E-state index contributed by atoms with van der Waals surface area (Å²) in [5.41, 5.74) is 0.929. The second-order valence-electron chi connectivity index (χ2n) is 7.59. The van der Waals surface area contributed by atoms with E-state index < -0.39 is 24.0 Å². The lowest BCUT2D eigenvalue weighted by atomic mass is 10.0. The maximum absolute atomic E-state index is 12.6. The van der Waals surface area contributed by atoms with E-state index in [2.05, 4.69) is 14.7 Å². The van der Waals surface area contributed by atoms with E-state index in [0.29, 0.717) is 24.4 Å². The first kappa shape index (κ1) is 22.4. The summed E-state index contributed by atoms with van der Waals surface area (Å²) in [5, 5.41) is 10.6. The number of H-pyrrole nitrogens is 1. The van der Waals surface area contributed by atoms with Gasteiger partial charge in [-0.25, -0.2) is 9.78 Å². The molecule has 2 N–H and O–H groups in total. The number of nitrogens with one attached hydrogen (secondary N) is 1. The first-order chi connectivity index (χ1) is 15.8. The summed E-state index contributed by atoms with van der Waals surface area (Å²) in [7, 11) is 1.53. The lowest BCUT2D eigenvalue weighted by Crippen LogP contribution is -2.29. The van der Waals surface area contributed by atoms with Crippen molar-refractivity contribution < 1.29 is 18.6 Å². The van der Waals surface area contributed by atoms with E-state index >= 15 is 0 Å². The number of nitrogens with zero attached hydrogens (tertiary/aromatic N) is 3. The molecule has 1 unspecified atom stereocenters. The maximum atomic E-state index is 12.6. The second kappa shape index (κ2) is 9.37. The van der Waals surface area contributed by atoms with Crippen LogP contribution in [0.5, 0.6) is 5.75 Å².